The van der Waals surface area contributed by atoms with Crippen molar-refractivity contribution in [1.82, 2.24) is 4.90 Å². The zero-order valence-corrected chi connectivity index (χ0v) is 20.2. The molecule has 1 aromatic carbocycles. The Labute approximate surface area is 196 Å². The van der Waals surface area contributed by atoms with Gasteiger partial charge in [-0.25, -0.2) is 13.8 Å². The molecule has 1 atom stereocenters. The molecule has 0 bridgehead atoms. The molecular weight excluding hydrogens is 515 g/mol. The topological polar surface area (TPSA) is 67.9 Å². The Balaban J connectivity index is 1.79. The first-order valence-electron chi connectivity index (χ1n) is 11.1. The maximum Gasteiger partial charge on any atom is 0.262 e. The van der Waals surface area contributed by atoms with Crippen molar-refractivity contribution in [2.45, 2.75) is 76.9 Å². The number of carbonyl (C=O) groups is 1. The summed E-state index contributed by atoms with van der Waals surface area (Å²) in [6.45, 7) is 3.66. The zero-order chi connectivity index (χ0) is 22.4. The zero-order valence-electron chi connectivity index (χ0n) is 18.0. The van der Waals surface area contributed by atoms with Gasteiger partial charge in [0, 0.05) is 5.41 Å². The Hall–Kier alpha value is -1.29. The van der Waals surface area contributed by atoms with E-state index in [1.807, 2.05) is 23.0 Å². The van der Waals surface area contributed by atoms with E-state index in [-0.39, 0.29) is 18.0 Å². The number of alkyl halides is 2. The van der Waals surface area contributed by atoms with Gasteiger partial charge in [0.1, 0.15) is 23.0 Å². The van der Waals surface area contributed by atoms with Gasteiger partial charge in [-0.1, -0.05) is 32.0 Å². The first kappa shape index (κ1) is 22.9. The molecule has 1 aromatic rings. The number of aryl methyl sites for hydroxylation is 1. The molecule has 1 aliphatic heterocycles. The van der Waals surface area contributed by atoms with E-state index in [1.165, 1.54) is 0 Å². The molecule has 2 N–H and O–H groups in total. The van der Waals surface area contributed by atoms with Crippen molar-refractivity contribution >= 4 is 34.9 Å². The predicted octanol–water partition coefficient (Wildman–Crippen LogP) is 4.74. The minimum absolute atomic E-state index is 0.0858. The average Bonchev–Trinajstić information content (AvgIpc) is 3.13. The van der Waals surface area contributed by atoms with E-state index in [9.17, 15) is 13.6 Å². The number of fused-ring (bicyclic) bond motifs is 3. The molecule has 0 unspecified atom stereocenters. The summed E-state index contributed by atoms with van der Waals surface area (Å²) in [6.07, 6.45) is 3.28. The Morgan fingerprint density at radius 2 is 2.03 bits per heavy atom. The number of amides is 1. The van der Waals surface area contributed by atoms with Crippen molar-refractivity contribution in [2.75, 3.05) is 6.54 Å². The van der Waals surface area contributed by atoms with Gasteiger partial charge in [0.05, 0.1) is 12.6 Å². The van der Waals surface area contributed by atoms with E-state index in [1.54, 1.807) is 0 Å². The van der Waals surface area contributed by atoms with E-state index < -0.39 is 23.9 Å². The number of hydrogen-bond donors (Lipinski definition) is 1. The third kappa shape index (κ3) is 3.77. The van der Waals surface area contributed by atoms with Gasteiger partial charge in [-0.2, -0.15) is 0 Å². The van der Waals surface area contributed by atoms with Gasteiger partial charge in [0.15, 0.2) is 11.5 Å². The van der Waals surface area contributed by atoms with Crippen LogP contribution in [-0.4, -0.2) is 35.8 Å². The summed E-state index contributed by atoms with van der Waals surface area (Å²) < 4.78 is 32.0. The van der Waals surface area contributed by atoms with Gasteiger partial charge in [-0.05, 0) is 67.6 Å². The SMILES string of the molecule is CC(C)CCc1ccc2c(c1)[C@]1(N=C(N)N(CC(F)F)C1=O)C1(CCC(OI)CC1)C2. The maximum atomic E-state index is 13.8. The molecule has 3 aliphatic rings. The lowest BCUT2D eigenvalue weighted by Gasteiger charge is -2.45. The van der Waals surface area contributed by atoms with Crippen LogP contribution in [0.25, 0.3) is 0 Å². The summed E-state index contributed by atoms with van der Waals surface area (Å²) in [4.78, 5) is 19.5. The number of nitrogens with zero attached hydrogens (tertiary/aromatic N) is 2. The van der Waals surface area contributed by atoms with Crippen LogP contribution in [0.4, 0.5) is 8.78 Å². The molecule has 1 amide bonds. The van der Waals surface area contributed by atoms with Crippen LogP contribution in [0.5, 0.6) is 0 Å². The Bertz CT molecular complexity index is 884. The van der Waals surface area contributed by atoms with E-state index in [4.69, 9.17) is 13.8 Å². The number of aliphatic imine (C=N–C) groups is 1. The van der Waals surface area contributed by atoms with Gasteiger partial charge >= 0.3 is 0 Å². The van der Waals surface area contributed by atoms with Crippen LogP contribution < -0.4 is 5.73 Å². The summed E-state index contributed by atoms with van der Waals surface area (Å²) in [6, 6.07) is 6.34. The fraction of sp³-hybridized carbons (Fsp3) is 0.652. The first-order valence-corrected chi connectivity index (χ1v) is 12.0. The summed E-state index contributed by atoms with van der Waals surface area (Å²) >= 11 is 1.93. The second-order valence-electron chi connectivity index (χ2n) is 9.66. The van der Waals surface area contributed by atoms with Crippen molar-refractivity contribution in [3.8, 4) is 0 Å². The molecule has 170 valence electrons. The van der Waals surface area contributed by atoms with Crippen LogP contribution in [0.3, 0.4) is 0 Å². The van der Waals surface area contributed by atoms with Gasteiger partial charge in [-0.3, -0.25) is 9.69 Å². The highest BCUT2D eigenvalue weighted by Gasteiger charge is 2.66. The minimum atomic E-state index is -2.66. The summed E-state index contributed by atoms with van der Waals surface area (Å²) in [7, 11) is 0. The first-order chi connectivity index (χ1) is 14.7. The highest BCUT2D eigenvalue weighted by Crippen LogP contribution is 2.62. The molecule has 5 nitrogen and oxygen atoms in total. The molecule has 8 heteroatoms. The lowest BCUT2D eigenvalue weighted by Crippen LogP contribution is -2.52. The molecular formula is C23H30F2IN3O2. The molecule has 0 radical (unpaired) electrons. The lowest BCUT2D eigenvalue weighted by molar-refractivity contribution is -0.139. The third-order valence-corrected chi connectivity index (χ3v) is 8.04. The summed E-state index contributed by atoms with van der Waals surface area (Å²) in [5, 5.41) is 0. The average molecular weight is 545 g/mol. The normalized spacial score (nSPS) is 30.2. The fourth-order valence-corrected chi connectivity index (χ4v) is 6.20. The predicted molar refractivity (Wildman–Crippen MR) is 124 cm³/mol. The van der Waals surface area contributed by atoms with Gasteiger partial charge in [0.25, 0.3) is 12.3 Å². The van der Waals surface area contributed by atoms with E-state index >= 15 is 0 Å². The largest absolute Gasteiger partial charge is 0.369 e. The van der Waals surface area contributed by atoms with E-state index in [0.717, 1.165) is 60.1 Å². The highest BCUT2D eigenvalue weighted by atomic mass is 127. The van der Waals surface area contributed by atoms with Crippen LogP contribution in [-0.2, 0) is 26.2 Å². The second-order valence-corrected chi connectivity index (χ2v) is 10.2. The molecule has 4 rings (SSSR count). The molecule has 2 spiro atoms. The lowest BCUT2D eigenvalue weighted by atomic mass is 9.61. The quantitative estimate of drug-likeness (QED) is 0.526. The van der Waals surface area contributed by atoms with Crippen molar-refractivity contribution < 1.29 is 16.6 Å². The number of carbonyl (C=O) groups excluding carboxylic acids is 1. The van der Waals surface area contributed by atoms with Crippen LogP contribution >= 0.6 is 23.0 Å². The Morgan fingerprint density at radius 3 is 2.65 bits per heavy atom. The number of hydrogen-bond acceptors (Lipinski definition) is 4. The van der Waals surface area contributed by atoms with Crippen molar-refractivity contribution in [3.05, 3.63) is 34.9 Å². The van der Waals surface area contributed by atoms with Crippen molar-refractivity contribution in [3.63, 3.8) is 0 Å². The molecule has 1 saturated carbocycles. The number of benzene rings is 1. The van der Waals surface area contributed by atoms with E-state index in [2.05, 4.69) is 32.0 Å². The second kappa shape index (κ2) is 8.57. The van der Waals surface area contributed by atoms with Gasteiger partial charge in [0.2, 0.25) is 0 Å². The van der Waals surface area contributed by atoms with Crippen molar-refractivity contribution in [1.29, 1.82) is 0 Å². The number of guanidine groups is 1. The Morgan fingerprint density at radius 1 is 1.32 bits per heavy atom. The Kier molecular flexibility index (Phi) is 6.33. The smallest absolute Gasteiger partial charge is 0.262 e. The molecule has 0 saturated heterocycles. The molecule has 2 aliphatic carbocycles. The summed E-state index contributed by atoms with van der Waals surface area (Å²) in [5.41, 5.74) is 7.57. The van der Waals surface area contributed by atoms with E-state index in [0.29, 0.717) is 12.3 Å². The fourth-order valence-electron chi connectivity index (χ4n) is 5.69. The van der Waals surface area contributed by atoms with Gasteiger partial charge in [-0.15, -0.1) is 0 Å². The van der Waals surface area contributed by atoms with Crippen LogP contribution in [0.1, 0.15) is 62.6 Å². The standard InChI is InChI=1S/C23H30F2IN3O2/c1-14(2)3-4-15-5-6-16-12-22(9-7-17(31-26)8-10-22)23(18(16)11-15)20(30)29(13-19(24)25)21(27)28-23/h5-6,11,14,17,19H,3-4,7-10,12-13H2,1-2H3,(H2,27,28)/t17?,22?,23-/m1/s1. The third-order valence-electron chi connectivity index (χ3n) is 7.32. The molecule has 1 heterocycles. The molecule has 31 heavy (non-hydrogen) atoms. The highest BCUT2D eigenvalue weighted by molar-refractivity contribution is 14.1. The van der Waals surface area contributed by atoms with Crippen LogP contribution in [0.15, 0.2) is 23.2 Å². The van der Waals surface area contributed by atoms with Crippen molar-refractivity contribution in [2.24, 2.45) is 22.1 Å². The minimum Gasteiger partial charge on any atom is -0.369 e. The van der Waals surface area contributed by atoms with Crippen LogP contribution in [0.2, 0.25) is 0 Å². The maximum absolute atomic E-state index is 13.8. The van der Waals surface area contributed by atoms with Crippen LogP contribution in [0, 0.1) is 11.3 Å². The number of halogens is 3. The molecule has 1 fully saturated rings. The monoisotopic (exact) mass is 545 g/mol. The summed E-state index contributed by atoms with van der Waals surface area (Å²) in [5.74, 6) is 0.0942. The van der Waals surface area contributed by atoms with Gasteiger partial charge < -0.3 is 8.80 Å². The molecule has 0 aromatic heterocycles. The number of nitrogens with two attached hydrogens (primary N) is 1. The number of rotatable bonds is 6.